The Morgan fingerprint density at radius 2 is 1.61 bits per heavy atom. The zero-order valence-electron chi connectivity index (χ0n) is 12.5. The van der Waals surface area contributed by atoms with Gasteiger partial charge in [-0.25, -0.2) is 4.39 Å². The standard InChI is InChI=1S/C17H17F4NO/c1-22-11-10-16(12-2-6-14(18)7-3-12)23-15-8-4-13(5-9-15)17(19,20)21/h2-9,16,22H,10-11H2,1H3/t16-/m0/s1. The van der Waals surface area contributed by atoms with E-state index in [1.165, 1.54) is 24.3 Å². The Morgan fingerprint density at radius 3 is 2.13 bits per heavy atom. The van der Waals surface area contributed by atoms with Gasteiger partial charge in [0.2, 0.25) is 0 Å². The highest BCUT2D eigenvalue weighted by Gasteiger charge is 2.30. The molecule has 6 heteroatoms. The van der Waals surface area contributed by atoms with Crippen LogP contribution in [0.1, 0.15) is 23.7 Å². The van der Waals surface area contributed by atoms with Crippen LogP contribution in [0.15, 0.2) is 48.5 Å². The van der Waals surface area contributed by atoms with Crippen LogP contribution in [0.2, 0.25) is 0 Å². The van der Waals surface area contributed by atoms with Gasteiger partial charge in [-0.05, 0) is 55.6 Å². The van der Waals surface area contributed by atoms with Crippen molar-refractivity contribution in [3.05, 3.63) is 65.5 Å². The normalized spacial score (nSPS) is 12.9. The summed E-state index contributed by atoms with van der Waals surface area (Å²) in [6.45, 7) is 0.655. The molecule has 23 heavy (non-hydrogen) atoms. The lowest BCUT2D eigenvalue weighted by Gasteiger charge is -2.20. The van der Waals surface area contributed by atoms with Crippen molar-refractivity contribution in [1.82, 2.24) is 5.32 Å². The third-order valence-electron chi connectivity index (χ3n) is 3.36. The molecule has 0 amide bonds. The number of ether oxygens (including phenoxy) is 1. The second-order valence-electron chi connectivity index (χ2n) is 5.07. The fourth-order valence-corrected chi connectivity index (χ4v) is 2.13. The minimum Gasteiger partial charge on any atom is -0.486 e. The molecule has 0 aromatic heterocycles. The van der Waals surface area contributed by atoms with Crippen LogP contribution in [0.5, 0.6) is 5.75 Å². The second-order valence-corrected chi connectivity index (χ2v) is 5.07. The minimum absolute atomic E-state index is 0.337. The van der Waals surface area contributed by atoms with Crippen LogP contribution in [-0.4, -0.2) is 13.6 Å². The summed E-state index contributed by atoms with van der Waals surface area (Å²) in [5.74, 6) is -0.0147. The van der Waals surface area contributed by atoms with Gasteiger partial charge in [-0.2, -0.15) is 13.2 Å². The predicted octanol–water partition coefficient (Wildman–Crippen LogP) is 4.57. The molecular weight excluding hydrogens is 310 g/mol. The van der Waals surface area contributed by atoms with Crippen molar-refractivity contribution in [1.29, 1.82) is 0 Å². The van der Waals surface area contributed by atoms with E-state index in [-0.39, 0.29) is 11.9 Å². The summed E-state index contributed by atoms with van der Waals surface area (Å²) < 4.78 is 56.5. The largest absolute Gasteiger partial charge is 0.486 e. The Bertz CT molecular complexity index is 608. The van der Waals surface area contributed by atoms with Crippen molar-refractivity contribution in [3.63, 3.8) is 0 Å². The molecule has 0 aliphatic heterocycles. The predicted molar refractivity (Wildman–Crippen MR) is 79.8 cm³/mol. The van der Waals surface area contributed by atoms with E-state index in [0.717, 1.165) is 17.7 Å². The number of nitrogens with one attached hydrogen (secondary N) is 1. The van der Waals surface area contributed by atoms with Crippen molar-refractivity contribution in [2.45, 2.75) is 18.7 Å². The topological polar surface area (TPSA) is 21.3 Å². The molecule has 1 N–H and O–H groups in total. The molecule has 0 saturated carbocycles. The van der Waals surface area contributed by atoms with E-state index in [9.17, 15) is 17.6 Å². The van der Waals surface area contributed by atoms with Gasteiger partial charge in [-0.15, -0.1) is 0 Å². The first-order valence-electron chi connectivity index (χ1n) is 7.14. The number of hydrogen-bond donors (Lipinski definition) is 1. The number of benzene rings is 2. The quantitative estimate of drug-likeness (QED) is 0.785. The third-order valence-corrected chi connectivity index (χ3v) is 3.36. The van der Waals surface area contributed by atoms with Crippen LogP contribution in [-0.2, 0) is 6.18 Å². The highest BCUT2D eigenvalue weighted by atomic mass is 19.4. The van der Waals surface area contributed by atoms with Crippen molar-refractivity contribution in [2.24, 2.45) is 0 Å². The van der Waals surface area contributed by atoms with Crippen LogP contribution in [0.3, 0.4) is 0 Å². The molecular formula is C17H17F4NO. The third kappa shape index (κ3) is 4.96. The number of alkyl halides is 3. The molecule has 0 aliphatic rings. The Labute approximate surface area is 132 Å². The summed E-state index contributed by atoms with van der Waals surface area (Å²) in [5, 5.41) is 2.99. The van der Waals surface area contributed by atoms with Gasteiger partial charge in [0.05, 0.1) is 5.56 Å². The zero-order chi connectivity index (χ0) is 16.9. The summed E-state index contributed by atoms with van der Waals surface area (Å²) in [4.78, 5) is 0. The molecule has 124 valence electrons. The Balaban J connectivity index is 2.15. The van der Waals surface area contributed by atoms with Gasteiger partial charge in [0.1, 0.15) is 17.7 Å². The van der Waals surface area contributed by atoms with E-state index in [0.29, 0.717) is 18.7 Å². The average molecular weight is 327 g/mol. The highest BCUT2D eigenvalue weighted by molar-refractivity contribution is 5.30. The van der Waals surface area contributed by atoms with E-state index >= 15 is 0 Å². The molecule has 2 aromatic rings. The molecule has 2 nitrogen and oxygen atoms in total. The van der Waals surface area contributed by atoms with E-state index in [2.05, 4.69) is 5.32 Å². The molecule has 2 rings (SSSR count). The van der Waals surface area contributed by atoms with E-state index in [4.69, 9.17) is 4.74 Å². The van der Waals surface area contributed by atoms with Crippen molar-refractivity contribution in [2.75, 3.05) is 13.6 Å². The van der Waals surface area contributed by atoms with E-state index in [1.54, 1.807) is 19.2 Å². The molecule has 0 saturated heterocycles. The maximum Gasteiger partial charge on any atom is 0.416 e. The first kappa shape index (κ1) is 17.3. The molecule has 0 bridgehead atoms. The van der Waals surface area contributed by atoms with Crippen LogP contribution < -0.4 is 10.1 Å². The summed E-state index contributed by atoms with van der Waals surface area (Å²) in [5.41, 5.74) is 0.0416. The Morgan fingerprint density at radius 1 is 1.00 bits per heavy atom. The summed E-state index contributed by atoms with van der Waals surface area (Å²) in [7, 11) is 1.79. The average Bonchev–Trinajstić information content (AvgIpc) is 2.52. The van der Waals surface area contributed by atoms with Gasteiger partial charge in [-0.3, -0.25) is 0 Å². The summed E-state index contributed by atoms with van der Waals surface area (Å²) in [6.07, 6.45) is -4.15. The summed E-state index contributed by atoms with van der Waals surface area (Å²) in [6, 6.07) is 10.4. The Hall–Kier alpha value is -2.08. The fraction of sp³-hybridized carbons (Fsp3) is 0.294. The minimum atomic E-state index is -4.37. The van der Waals surface area contributed by atoms with E-state index in [1.807, 2.05) is 0 Å². The van der Waals surface area contributed by atoms with Crippen LogP contribution in [0, 0.1) is 5.82 Å². The smallest absolute Gasteiger partial charge is 0.416 e. The molecule has 2 aromatic carbocycles. The number of halogens is 4. The van der Waals surface area contributed by atoms with Gasteiger partial charge in [0.25, 0.3) is 0 Å². The maximum absolute atomic E-state index is 13.0. The van der Waals surface area contributed by atoms with Crippen LogP contribution in [0.4, 0.5) is 17.6 Å². The highest BCUT2D eigenvalue weighted by Crippen LogP contribution is 2.31. The maximum atomic E-state index is 13.0. The lowest BCUT2D eigenvalue weighted by atomic mass is 10.1. The molecule has 1 atom stereocenters. The van der Waals surface area contributed by atoms with E-state index < -0.39 is 11.7 Å². The SMILES string of the molecule is CNCC[C@H](Oc1ccc(C(F)(F)F)cc1)c1ccc(F)cc1. The lowest BCUT2D eigenvalue weighted by Crippen LogP contribution is -2.16. The summed E-state index contributed by atoms with van der Waals surface area (Å²) >= 11 is 0. The first-order valence-corrected chi connectivity index (χ1v) is 7.14. The molecule has 0 fully saturated rings. The second kappa shape index (κ2) is 7.46. The number of hydrogen-bond acceptors (Lipinski definition) is 2. The fourth-order valence-electron chi connectivity index (χ4n) is 2.13. The molecule has 0 radical (unpaired) electrons. The first-order chi connectivity index (χ1) is 10.9. The molecule has 0 spiro atoms. The van der Waals surface area contributed by atoms with Gasteiger partial charge < -0.3 is 10.1 Å². The van der Waals surface area contributed by atoms with Crippen molar-refractivity contribution < 1.29 is 22.3 Å². The zero-order valence-corrected chi connectivity index (χ0v) is 12.5. The van der Waals surface area contributed by atoms with Crippen LogP contribution >= 0.6 is 0 Å². The van der Waals surface area contributed by atoms with Gasteiger partial charge in [-0.1, -0.05) is 12.1 Å². The monoisotopic (exact) mass is 327 g/mol. The van der Waals surface area contributed by atoms with Gasteiger partial charge in [0, 0.05) is 6.42 Å². The molecule has 0 unspecified atom stereocenters. The lowest BCUT2D eigenvalue weighted by molar-refractivity contribution is -0.137. The van der Waals surface area contributed by atoms with Crippen LogP contribution in [0.25, 0.3) is 0 Å². The number of rotatable bonds is 6. The molecule has 0 aliphatic carbocycles. The van der Waals surface area contributed by atoms with Crippen molar-refractivity contribution in [3.8, 4) is 5.75 Å². The van der Waals surface area contributed by atoms with Gasteiger partial charge in [0.15, 0.2) is 0 Å². The Kier molecular flexibility index (Phi) is 5.60. The molecule has 0 heterocycles. The van der Waals surface area contributed by atoms with Gasteiger partial charge >= 0.3 is 6.18 Å². The van der Waals surface area contributed by atoms with Crippen molar-refractivity contribution >= 4 is 0 Å².